The monoisotopic (exact) mass is 311 g/mol. The minimum atomic E-state index is -0.0495. The second-order valence-corrected chi connectivity index (χ2v) is 5.45. The molecular weight excluding hydrogens is 290 g/mol. The summed E-state index contributed by atoms with van der Waals surface area (Å²) >= 11 is 0. The van der Waals surface area contributed by atoms with Gasteiger partial charge in [-0.15, -0.1) is 17.5 Å². The van der Waals surface area contributed by atoms with Gasteiger partial charge in [-0.25, -0.2) is 9.48 Å². The predicted octanol–water partition coefficient (Wildman–Crippen LogP) is 0.459. The Balaban J connectivity index is 0.00000161. The Morgan fingerprint density at radius 1 is 1.38 bits per heavy atom. The lowest BCUT2D eigenvalue weighted by atomic mass is 10.1. The number of aromatic nitrogens is 3. The number of nitrogens with one attached hydrogen (secondary N) is 1. The van der Waals surface area contributed by atoms with Crippen molar-refractivity contribution < 1.29 is 0 Å². The van der Waals surface area contributed by atoms with E-state index in [-0.39, 0.29) is 18.1 Å². The van der Waals surface area contributed by atoms with Crippen LogP contribution < -0.4 is 11.0 Å². The lowest BCUT2D eigenvalue weighted by Gasteiger charge is -2.15. The van der Waals surface area contributed by atoms with Crippen LogP contribution in [0.15, 0.2) is 29.2 Å². The molecule has 1 atom stereocenters. The first-order chi connectivity index (χ1) is 9.78. The minimum Gasteiger partial charge on any atom is -0.319 e. The zero-order chi connectivity index (χ0) is 13.9. The number of halogens is 1. The molecule has 2 aromatic heterocycles. The highest BCUT2D eigenvalue weighted by atomic mass is 35.5. The van der Waals surface area contributed by atoms with E-state index in [9.17, 15) is 4.79 Å². The molecule has 0 radical (unpaired) electrons. The molecule has 1 saturated heterocycles. The van der Waals surface area contributed by atoms with Crippen molar-refractivity contribution in [2.24, 2.45) is 5.92 Å². The minimum absolute atomic E-state index is 0. The Labute approximate surface area is 130 Å². The standard InChI is InChI=1S/C14H21N5O.ClH/c1-15-10-12-5-7-17(11-12)8-9-19-14(20)18-6-3-2-4-13(18)16-19;/h2-4,6,12,15H,5,7-11H2,1H3;1H. The Kier molecular flexibility index (Phi) is 5.39. The zero-order valence-electron chi connectivity index (χ0n) is 12.2. The fourth-order valence-electron chi connectivity index (χ4n) is 2.92. The Morgan fingerprint density at radius 2 is 2.24 bits per heavy atom. The van der Waals surface area contributed by atoms with Crippen LogP contribution in [0.5, 0.6) is 0 Å². The van der Waals surface area contributed by atoms with Gasteiger partial charge < -0.3 is 10.2 Å². The van der Waals surface area contributed by atoms with Crippen molar-refractivity contribution in [3.05, 3.63) is 34.9 Å². The van der Waals surface area contributed by atoms with Gasteiger partial charge in [0.15, 0.2) is 5.65 Å². The maximum absolute atomic E-state index is 12.1. The summed E-state index contributed by atoms with van der Waals surface area (Å²) in [6.45, 7) is 4.86. The van der Waals surface area contributed by atoms with Crippen molar-refractivity contribution in [1.82, 2.24) is 24.4 Å². The van der Waals surface area contributed by atoms with Crippen molar-refractivity contribution in [3.8, 4) is 0 Å². The second kappa shape index (κ2) is 7.06. The number of hydrogen-bond acceptors (Lipinski definition) is 4. The fraction of sp³-hybridized carbons (Fsp3) is 0.571. The van der Waals surface area contributed by atoms with Gasteiger partial charge in [-0.05, 0) is 44.6 Å². The normalized spacial score (nSPS) is 19.0. The Hall–Kier alpha value is -1.37. The Bertz CT molecular complexity index is 638. The SMILES string of the molecule is CNCC1CCN(CCn2nc3ccccn3c2=O)C1.Cl. The highest BCUT2D eigenvalue weighted by Crippen LogP contribution is 2.14. The molecule has 3 rings (SSSR count). The summed E-state index contributed by atoms with van der Waals surface area (Å²) < 4.78 is 3.16. The van der Waals surface area contributed by atoms with E-state index in [1.807, 2.05) is 25.2 Å². The lowest BCUT2D eigenvalue weighted by molar-refractivity contribution is 0.301. The van der Waals surface area contributed by atoms with Gasteiger partial charge in [0.05, 0.1) is 6.54 Å². The van der Waals surface area contributed by atoms with Gasteiger partial charge in [0, 0.05) is 19.3 Å². The third kappa shape index (κ3) is 3.45. The van der Waals surface area contributed by atoms with Gasteiger partial charge in [0.1, 0.15) is 0 Å². The van der Waals surface area contributed by atoms with E-state index < -0.39 is 0 Å². The summed E-state index contributed by atoms with van der Waals surface area (Å²) in [6, 6.07) is 5.61. The van der Waals surface area contributed by atoms with Gasteiger partial charge in [-0.1, -0.05) is 6.07 Å². The van der Waals surface area contributed by atoms with Gasteiger partial charge >= 0.3 is 5.69 Å². The molecule has 1 aliphatic rings. The van der Waals surface area contributed by atoms with Gasteiger partial charge in [-0.3, -0.25) is 4.40 Å². The molecule has 1 fully saturated rings. The Morgan fingerprint density at radius 3 is 3.00 bits per heavy atom. The zero-order valence-corrected chi connectivity index (χ0v) is 13.1. The number of hydrogen-bond donors (Lipinski definition) is 1. The molecule has 0 spiro atoms. The lowest BCUT2D eigenvalue weighted by Crippen LogP contribution is -2.31. The quantitative estimate of drug-likeness (QED) is 0.871. The molecule has 2 aromatic rings. The van der Waals surface area contributed by atoms with Crippen LogP contribution in [0, 0.1) is 5.92 Å². The topological polar surface area (TPSA) is 54.6 Å². The van der Waals surface area contributed by atoms with Gasteiger partial charge in [0.2, 0.25) is 0 Å². The molecule has 0 bridgehead atoms. The van der Waals surface area contributed by atoms with Crippen LogP contribution in [0.25, 0.3) is 5.65 Å². The van der Waals surface area contributed by atoms with E-state index in [4.69, 9.17) is 0 Å². The third-order valence-corrected chi connectivity index (χ3v) is 3.98. The third-order valence-electron chi connectivity index (χ3n) is 3.98. The first kappa shape index (κ1) is 16.0. The van der Waals surface area contributed by atoms with Crippen LogP contribution in [0.3, 0.4) is 0 Å². The van der Waals surface area contributed by atoms with Crippen LogP contribution in [0.2, 0.25) is 0 Å². The van der Waals surface area contributed by atoms with Gasteiger partial charge in [-0.2, -0.15) is 0 Å². The highest BCUT2D eigenvalue weighted by molar-refractivity contribution is 5.85. The van der Waals surface area contributed by atoms with Crippen molar-refractivity contribution in [2.45, 2.75) is 13.0 Å². The average Bonchev–Trinajstić information content (AvgIpc) is 3.03. The second-order valence-electron chi connectivity index (χ2n) is 5.45. The smallest absolute Gasteiger partial charge is 0.319 e. The van der Waals surface area contributed by atoms with E-state index in [1.54, 1.807) is 15.3 Å². The summed E-state index contributed by atoms with van der Waals surface area (Å²) in [4.78, 5) is 14.6. The predicted molar refractivity (Wildman–Crippen MR) is 85.2 cm³/mol. The number of nitrogens with zero attached hydrogens (tertiary/aromatic N) is 4. The summed E-state index contributed by atoms with van der Waals surface area (Å²) in [6.07, 6.45) is 3.00. The maximum atomic E-state index is 12.1. The molecule has 1 unspecified atom stereocenters. The summed E-state index contributed by atoms with van der Waals surface area (Å²) in [5.41, 5.74) is 0.665. The van der Waals surface area contributed by atoms with Crippen LogP contribution in [0.1, 0.15) is 6.42 Å². The largest absolute Gasteiger partial charge is 0.350 e. The first-order valence-corrected chi connectivity index (χ1v) is 7.19. The van der Waals surface area contributed by atoms with E-state index in [1.165, 1.54) is 6.42 Å². The van der Waals surface area contributed by atoms with Crippen molar-refractivity contribution >= 4 is 18.1 Å². The fourth-order valence-corrected chi connectivity index (χ4v) is 2.92. The molecule has 0 aliphatic carbocycles. The van der Waals surface area contributed by atoms with Crippen LogP contribution in [-0.2, 0) is 6.54 Å². The van der Waals surface area contributed by atoms with Crippen LogP contribution in [0.4, 0.5) is 0 Å². The summed E-state index contributed by atoms with van der Waals surface area (Å²) in [5, 5.41) is 7.59. The molecule has 7 heteroatoms. The van der Waals surface area contributed by atoms with E-state index in [2.05, 4.69) is 15.3 Å². The summed E-state index contributed by atoms with van der Waals surface area (Å²) in [7, 11) is 2.00. The number of rotatable bonds is 5. The average molecular weight is 312 g/mol. The number of fused-ring (bicyclic) bond motifs is 1. The molecule has 3 heterocycles. The highest BCUT2D eigenvalue weighted by Gasteiger charge is 2.21. The van der Waals surface area contributed by atoms with E-state index >= 15 is 0 Å². The first-order valence-electron chi connectivity index (χ1n) is 7.19. The molecule has 0 aromatic carbocycles. The molecular formula is C14H22ClN5O. The molecule has 6 nitrogen and oxygen atoms in total. The van der Waals surface area contributed by atoms with E-state index in [0.29, 0.717) is 12.2 Å². The molecule has 0 saturated carbocycles. The molecule has 0 amide bonds. The summed E-state index contributed by atoms with van der Waals surface area (Å²) in [5.74, 6) is 0.734. The molecule has 1 aliphatic heterocycles. The number of pyridine rings is 1. The van der Waals surface area contributed by atoms with Crippen LogP contribution >= 0.6 is 12.4 Å². The number of likely N-dealkylation sites (tertiary alicyclic amines) is 1. The van der Waals surface area contributed by atoms with Crippen LogP contribution in [-0.4, -0.2) is 52.3 Å². The van der Waals surface area contributed by atoms with Crippen molar-refractivity contribution in [3.63, 3.8) is 0 Å². The van der Waals surface area contributed by atoms with Crippen molar-refractivity contribution in [2.75, 3.05) is 33.2 Å². The van der Waals surface area contributed by atoms with E-state index in [0.717, 1.165) is 32.1 Å². The molecule has 116 valence electrons. The molecule has 1 N–H and O–H groups in total. The van der Waals surface area contributed by atoms with Gasteiger partial charge in [0.25, 0.3) is 0 Å². The van der Waals surface area contributed by atoms with Crippen molar-refractivity contribution in [1.29, 1.82) is 0 Å². The maximum Gasteiger partial charge on any atom is 0.350 e. The molecule has 21 heavy (non-hydrogen) atoms.